The van der Waals surface area contributed by atoms with Gasteiger partial charge >= 0.3 is 0 Å². The first-order chi connectivity index (χ1) is 9.73. The van der Waals surface area contributed by atoms with Crippen LogP contribution in [0.5, 0.6) is 0 Å². The minimum atomic E-state index is 0.0633. The van der Waals surface area contributed by atoms with Gasteiger partial charge in [0.25, 0.3) is 0 Å². The van der Waals surface area contributed by atoms with E-state index in [0.717, 1.165) is 0 Å². The Morgan fingerprint density at radius 3 is 1.80 bits per heavy atom. The van der Waals surface area contributed by atoms with Crippen molar-refractivity contribution in [2.24, 2.45) is 0 Å². The molecule has 2 aromatic rings. The van der Waals surface area contributed by atoms with Crippen molar-refractivity contribution in [1.29, 1.82) is 0 Å². The molecule has 1 heterocycles. The van der Waals surface area contributed by atoms with Gasteiger partial charge in [0, 0.05) is 11.5 Å². The van der Waals surface area contributed by atoms with Crippen molar-refractivity contribution in [2.75, 3.05) is 13.6 Å². The van der Waals surface area contributed by atoms with Crippen molar-refractivity contribution in [3.63, 3.8) is 0 Å². The first kappa shape index (κ1) is 13.4. The van der Waals surface area contributed by atoms with Gasteiger partial charge in [-0.1, -0.05) is 60.7 Å². The third-order valence-electron chi connectivity index (χ3n) is 4.93. The van der Waals surface area contributed by atoms with Crippen LogP contribution >= 0.6 is 0 Å². The van der Waals surface area contributed by atoms with Gasteiger partial charge < -0.3 is 4.90 Å². The summed E-state index contributed by atoms with van der Waals surface area (Å²) >= 11 is 0. The maximum Gasteiger partial charge on any atom is 0.0329 e. The van der Waals surface area contributed by atoms with Gasteiger partial charge in [-0.2, -0.15) is 0 Å². The van der Waals surface area contributed by atoms with Crippen LogP contribution in [0, 0.1) is 0 Å². The third-order valence-corrected chi connectivity index (χ3v) is 4.93. The minimum Gasteiger partial charge on any atom is -0.302 e. The van der Waals surface area contributed by atoms with Crippen LogP contribution in [0.3, 0.4) is 0 Å². The quantitative estimate of drug-likeness (QED) is 0.808. The summed E-state index contributed by atoms with van der Waals surface area (Å²) in [6.45, 7) is 3.62. The molecule has 2 aromatic carbocycles. The summed E-state index contributed by atoms with van der Waals surface area (Å²) in [4.78, 5) is 2.53. The van der Waals surface area contributed by atoms with E-state index >= 15 is 0 Å². The number of rotatable bonds is 3. The van der Waals surface area contributed by atoms with Gasteiger partial charge in [0.2, 0.25) is 0 Å². The summed E-state index contributed by atoms with van der Waals surface area (Å²) in [6, 6.07) is 22.5. The molecule has 20 heavy (non-hydrogen) atoms. The van der Waals surface area contributed by atoms with Crippen LogP contribution in [-0.2, 0) is 5.41 Å². The molecule has 0 radical (unpaired) electrons. The fourth-order valence-corrected chi connectivity index (χ4v) is 3.76. The van der Waals surface area contributed by atoms with E-state index in [1.165, 1.54) is 30.5 Å². The lowest BCUT2D eigenvalue weighted by atomic mass is 9.70. The number of likely N-dealkylation sites (N-methyl/N-ethyl adjacent to an activating group) is 1. The molecule has 1 fully saturated rings. The zero-order valence-electron chi connectivity index (χ0n) is 12.4. The van der Waals surface area contributed by atoms with Crippen molar-refractivity contribution >= 4 is 0 Å². The summed E-state index contributed by atoms with van der Waals surface area (Å²) in [5.41, 5.74) is 2.91. The summed E-state index contributed by atoms with van der Waals surface area (Å²) < 4.78 is 0. The molecule has 1 aliphatic rings. The Bertz CT molecular complexity index is 507. The summed E-state index contributed by atoms with van der Waals surface area (Å²) in [6.07, 6.45) is 2.58. The highest BCUT2D eigenvalue weighted by atomic mass is 15.2. The highest BCUT2D eigenvalue weighted by molar-refractivity contribution is 5.41. The molecule has 1 nitrogen and oxygen atoms in total. The predicted octanol–water partition coefficient (Wildman–Crippen LogP) is 4.09. The zero-order valence-corrected chi connectivity index (χ0v) is 12.4. The molecule has 0 saturated carbocycles. The molecule has 1 aliphatic heterocycles. The van der Waals surface area contributed by atoms with Crippen molar-refractivity contribution in [3.8, 4) is 0 Å². The van der Waals surface area contributed by atoms with Crippen LogP contribution in [0.15, 0.2) is 60.7 Å². The molecule has 0 aromatic heterocycles. The molecule has 0 aliphatic carbocycles. The van der Waals surface area contributed by atoms with Crippen molar-refractivity contribution in [1.82, 2.24) is 4.90 Å². The van der Waals surface area contributed by atoms with Crippen LogP contribution in [0.1, 0.15) is 30.9 Å². The second-order valence-corrected chi connectivity index (χ2v) is 6.07. The standard InChI is InChI=1S/C19H23N/c1-19(16-10-5-3-6-11-16,17-12-7-4-8-13-17)18-14-9-15-20(18)2/h3-8,10-13,18H,9,14-15H2,1-2H3. The van der Waals surface area contributed by atoms with E-state index in [0.29, 0.717) is 6.04 Å². The Morgan fingerprint density at radius 2 is 1.40 bits per heavy atom. The van der Waals surface area contributed by atoms with E-state index < -0.39 is 0 Å². The fraction of sp³-hybridized carbons (Fsp3) is 0.368. The van der Waals surface area contributed by atoms with Gasteiger partial charge in [0.05, 0.1) is 0 Å². The van der Waals surface area contributed by atoms with Crippen LogP contribution in [-0.4, -0.2) is 24.5 Å². The van der Waals surface area contributed by atoms with Crippen molar-refractivity contribution in [2.45, 2.75) is 31.2 Å². The molecule has 0 bridgehead atoms. The summed E-state index contributed by atoms with van der Waals surface area (Å²) in [7, 11) is 2.27. The second-order valence-electron chi connectivity index (χ2n) is 6.07. The van der Waals surface area contributed by atoms with Gasteiger partial charge in [0.15, 0.2) is 0 Å². The van der Waals surface area contributed by atoms with Crippen molar-refractivity contribution in [3.05, 3.63) is 71.8 Å². The smallest absolute Gasteiger partial charge is 0.0329 e. The van der Waals surface area contributed by atoms with E-state index in [4.69, 9.17) is 0 Å². The number of hydrogen-bond donors (Lipinski definition) is 0. The van der Waals surface area contributed by atoms with Gasteiger partial charge in [-0.25, -0.2) is 0 Å². The topological polar surface area (TPSA) is 3.24 Å². The Labute approximate surface area is 122 Å². The first-order valence-corrected chi connectivity index (χ1v) is 7.54. The molecule has 0 N–H and O–H groups in total. The average molecular weight is 265 g/mol. The lowest BCUT2D eigenvalue weighted by molar-refractivity contribution is 0.231. The van der Waals surface area contributed by atoms with E-state index in [-0.39, 0.29) is 5.41 Å². The fourth-order valence-electron chi connectivity index (χ4n) is 3.76. The molecule has 1 saturated heterocycles. The maximum absolute atomic E-state index is 2.53. The number of benzene rings is 2. The Morgan fingerprint density at radius 1 is 0.900 bits per heavy atom. The normalized spacial score (nSPS) is 20.2. The predicted molar refractivity (Wildman–Crippen MR) is 85.0 cm³/mol. The molecule has 1 unspecified atom stereocenters. The SMILES string of the molecule is CN1CCCC1C(C)(c1ccccc1)c1ccccc1. The molecule has 3 rings (SSSR count). The zero-order chi connectivity index (χ0) is 14.0. The van der Waals surface area contributed by atoms with E-state index in [9.17, 15) is 0 Å². The van der Waals surface area contributed by atoms with E-state index in [2.05, 4.69) is 79.5 Å². The van der Waals surface area contributed by atoms with Crippen LogP contribution in [0.25, 0.3) is 0 Å². The molecule has 1 heteroatoms. The van der Waals surface area contributed by atoms with Crippen LogP contribution in [0.4, 0.5) is 0 Å². The second kappa shape index (κ2) is 5.41. The summed E-state index contributed by atoms with van der Waals surface area (Å²) in [5, 5.41) is 0. The monoisotopic (exact) mass is 265 g/mol. The lowest BCUT2D eigenvalue weighted by Crippen LogP contribution is -2.44. The minimum absolute atomic E-state index is 0.0633. The molecule has 0 amide bonds. The first-order valence-electron chi connectivity index (χ1n) is 7.54. The van der Waals surface area contributed by atoms with Gasteiger partial charge in [0.1, 0.15) is 0 Å². The van der Waals surface area contributed by atoms with Crippen LogP contribution < -0.4 is 0 Å². The molecule has 1 atom stereocenters. The molecule has 104 valence electrons. The number of hydrogen-bond acceptors (Lipinski definition) is 1. The third kappa shape index (κ3) is 2.16. The number of likely N-dealkylation sites (tertiary alicyclic amines) is 1. The maximum atomic E-state index is 2.53. The Hall–Kier alpha value is -1.60. The largest absolute Gasteiger partial charge is 0.302 e. The van der Waals surface area contributed by atoms with Gasteiger partial charge in [-0.3, -0.25) is 0 Å². The summed E-state index contributed by atoms with van der Waals surface area (Å²) in [5.74, 6) is 0. The lowest BCUT2D eigenvalue weighted by Gasteiger charge is -2.40. The highest BCUT2D eigenvalue weighted by Gasteiger charge is 2.41. The van der Waals surface area contributed by atoms with E-state index in [1.807, 2.05) is 0 Å². The van der Waals surface area contributed by atoms with E-state index in [1.54, 1.807) is 0 Å². The van der Waals surface area contributed by atoms with Gasteiger partial charge in [-0.05, 0) is 44.5 Å². The average Bonchev–Trinajstić information content (AvgIpc) is 2.95. The van der Waals surface area contributed by atoms with Crippen molar-refractivity contribution < 1.29 is 0 Å². The highest BCUT2D eigenvalue weighted by Crippen LogP contribution is 2.41. The molecular formula is C19H23N. The van der Waals surface area contributed by atoms with Crippen LogP contribution in [0.2, 0.25) is 0 Å². The Balaban J connectivity index is 2.13. The Kier molecular flexibility index (Phi) is 3.62. The number of nitrogens with zero attached hydrogens (tertiary/aromatic N) is 1. The molecule has 0 spiro atoms. The molecular weight excluding hydrogens is 242 g/mol. The van der Waals surface area contributed by atoms with Gasteiger partial charge in [-0.15, -0.1) is 0 Å².